The van der Waals surface area contributed by atoms with Gasteiger partial charge in [0, 0.05) is 7.11 Å². The van der Waals surface area contributed by atoms with Gasteiger partial charge in [0.05, 0.1) is 12.6 Å². The molecule has 0 aliphatic carbocycles. The molecule has 0 saturated carbocycles. The highest BCUT2D eigenvalue weighted by molar-refractivity contribution is 9.10. The van der Waals surface area contributed by atoms with Gasteiger partial charge >= 0.3 is 0 Å². The van der Waals surface area contributed by atoms with E-state index >= 15 is 0 Å². The van der Waals surface area contributed by atoms with Crippen LogP contribution in [0.15, 0.2) is 45.5 Å². The summed E-state index contributed by atoms with van der Waals surface area (Å²) in [6.07, 6.45) is 2.03. The van der Waals surface area contributed by atoms with Gasteiger partial charge < -0.3 is 14.5 Å². The van der Waals surface area contributed by atoms with Crippen molar-refractivity contribution in [3.8, 4) is 0 Å². The smallest absolute Gasteiger partial charge is 0.169 e. The van der Waals surface area contributed by atoms with E-state index in [1.54, 1.807) is 7.11 Å². The zero-order chi connectivity index (χ0) is 15.1. The SMILES string of the molecule is CCCNC(c1ccc(CCOC)cc1)c1ccc(Br)o1. The van der Waals surface area contributed by atoms with Crippen molar-refractivity contribution >= 4 is 15.9 Å². The molecule has 0 radical (unpaired) electrons. The first-order valence-electron chi connectivity index (χ1n) is 7.31. The lowest BCUT2D eigenvalue weighted by atomic mass is 10.0. The molecule has 0 bridgehead atoms. The van der Waals surface area contributed by atoms with Crippen LogP contribution in [0.25, 0.3) is 0 Å². The predicted octanol–water partition coefficient (Wildman–Crippen LogP) is 4.32. The Labute approximate surface area is 134 Å². The summed E-state index contributed by atoms with van der Waals surface area (Å²) in [7, 11) is 1.73. The van der Waals surface area contributed by atoms with Crippen molar-refractivity contribution in [1.82, 2.24) is 5.32 Å². The summed E-state index contributed by atoms with van der Waals surface area (Å²) in [5, 5.41) is 3.54. The molecule has 0 aliphatic heterocycles. The molecule has 0 aliphatic rings. The Kier molecular flexibility index (Phi) is 6.49. The van der Waals surface area contributed by atoms with E-state index in [-0.39, 0.29) is 6.04 Å². The van der Waals surface area contributed by atoms with E-state index in [9.17, 15) is 0 Å². The van der Waals surface area contributed by atoms with E-state index in [0.717, 1.165) is 36.4 Å². The molecular weight excluding hydrogens is 330 g/mol. The Balaban J connectivity index is 2.16. The molecule has 1 unspecified atom stereocenters. The summed E-state index contributed by atoms with van der Waals surface area (Å²) >= 11 is 3.37. The third-order valence-electron chi connectivity index (χ3n) is 3.38. The number of rotatable bonds is 8. The Hall–Kier alpha value is -1.10. The first-order chi connectivity index (χ1) is 10.2. The number of furan rings is 1. The van der Waals surface area contributed by atoms with Crippen molar-refractivity contribution < 1.29 is 9.15 Å². The van der Waals surface area contributed by atoms with Crippen LogP contribution in [0.4, 0.5) is 0 Å². The van der Waals surface area contributed by atoms with Gasteiger partial charge in [-0.05, 0) is 58.6 Å². The number of benzene rings is 1. The zero-order valence-electron chi connectivity index (χ0n) is 12.6. The molecule has 1 N–H and O–H groups in total. The van der Waals surface area contributed by atoms with Crippen LogP contribution >= 0.6 is 15.9 Å². The highest BCUT2D eigenvalue weighted by Gasteiger charge is 2.16. The lowest BCUT2D eigenvalue weighted by molar-refractivity contribution is 0.202. The summed E-state index contributed by atoms with van der Waals surface area (Å²) in [5.74, 6) is 0.931. The standard InChI is InChI=1S/C17H22BrNO2/c1-3-11-19-17(15-8-9-16(18)21-15)14-6-4-13(5-7-14)10-12-20-2/h4-9,17,19H,3,10-12H2,1-2H3. The number of methoxy groups -OCH3 is 1. The molecule has 21 heavy (non-hydrogen) atoms. The molecule has 2 aromatic rings. The van der Waals surface area contributed by atoms with Crippen molar-refractivity contribution in [2.45, 2.75) is 25.8 Å². The van der Waals surface area contributed by atoms with Gasteiger partial charge in [0.1, 0.15) is 5.76 Å². The largest absolute Gasteiger partial charge is 0.452 e. The lowest BCUT2D eigenvalue weighted by Crippen LogP contribution is -2.22. The molecule has 1 atom stereocenters. The minimum Gasteiger partial charge on any atom is -0.452 e. The zero-order valence-corrected chi connectivity index (χ0v) is 14.2. The van der Waals surface area contributed by atoms with Crippen molar-refractivity contribution in [2.75, 3.05) is 20.3 Å². The summed E-state index contributed by atoms with van der Waals surface area (Å²) in [5.41, 5.74) is 2.50. The van der Waals surface area contributed by atoms with E-state index in [1.165, 1.54) is 11.1 Å². The van der Waals surface area contributed by atoms with E-state index in [1.807, 2.05) is 12.1 Å². The second kappa shape index (κ2) is 8.37. The second-order valence-corrected chi connectivity index (χ2v) is 5.79. The molecule has 0 amide bonds. The van der Waals surface area contributed by atoms with Crippen molar-refractivity contribution in [3.05, 3.63) is 58.0 Å². The van der Waals surface area contributed by atoms with Crippen LogP contribution in [0.5, 0.6) is 0 Å². The molecule has 0 saturated heterocycles. The van der Waals surface area contributed by atoms with Crippen LogP contribution in [-0.4, -0.2) is 20.3 Å². The first-order valence-corrected chi connectivity index (χ1v) is 8.10. The summed E-state index contributed by atoms with van der Waals surface area (Å²) in [4.78, 5) is 0. The van der Waals surface area contributed by atoms with E-state index in [2.05, 4.69) is 52.4 Å². The maximum Gasteiger partial charge on any atom is 0.169 e. The quantitative estimate of drug-likeness (QED) is 0.768. The van der Waals surface area contributed by atoms with Crippen LogP contribution < -0.4 is 5.32 Å². The number of nitrogens with one attached hydrogen (secondary N) is 1. The van der Waals surface area contributed by atoms with Gasteiger partial charge in [-0.1, -0.05) is 31.2 Å². The topological polar surface area (TPSA) is 34.4 Å². The fourth-order valence-corrected chi connectivity index (χ4v) is 2.57. The number of hydrogen-bond acceptors (Lipinski definition) is 3. The molecule has 3 nitrogen and oxygen atoms in total. The lowest BCUT2D eigenvalue weighted by Gasteiger charge is -2.17. The van der Waals surface area contributed by atoms with E-state index in [4.69, 9.17) is 9.15 Å². The van der Waals surface area contributed by atoms with Crippen LogP contribution in [0.2, 0.25) is 0 Å². The van der Waals surface area contributed by atoms with Gasteiger partial charge in [-0.3, -0.25) is 0 Å². The van der Waals surface area contributed by atoms with Gasteiger partial charge in [-0.2, -0.15) is 0 Å². The predicted molar refractivity (Wildman–Crippen MR) is 88.6 cm³/mol. The van der Waals surface area contributed by atoms with E-state index in [0.29, 0.717) is 0 Å². The maximum atomic E-state index is 5.73. The maximum absolute atomic E-state index is 5.73. The van der Waals surface area contributed by atoms with Gasteiger partial charge in [0.15, 0.2) is 4.67 Å². The number of halogens is 1. The minimum atomic E-state index is 0.0905. The normalized spacial score (nSPS) is 12.5. The molecule has 114 valence electrons. The van der Waals surface area contributed by atoms with E-state index < -0.39 is 0 Å². The van der Waals surface area contributed by atoms with Crippen molar-refractivity contribution in [2.24, 2.45) is 0 Å². The van der Waals surface area contributed by atoms with Gasteiger partial charge in [0.25, 0.3) is 0 Å². The molecule has 4 heteroatoms. The average Bonchev–Trinajstić information content (AvgIpc) is 2.93. The molecule has 1 heterocycles. The highest BCUT2D eigenvalue weighted by atomic mass is 79.9. The van der Waals surface area contributed by atoms with Gasteiger partial charge in [-0.25, -0.2) is 0 Å². The Morgan fingerprint density at radius 2 is 1.95 bits per heavy atom. The summed E-state index contributed by atoms with van der Waals surface area (Å²) in [6, 6.07) is 12.7. The first kappa shape index (κ1) is 16.3. The third kappa shape index (κ3) is 4.70. The van der Waals surface area contributed by atoms with Gasteiger partial charge in [0.2, 0.25) is 0 Å². The fraction of sp³-hybridized carbons (Fsp3) is 0.412. The Morgan fingerprint density at radius 3 is 2.52 bits per heavy atom. The molecular formula is C17H22BrNO2. The Morgan fingerprint density at radius 1 is 1.19 bits per heavy atom. The van der Waals surface area contributed by atoms with Crippen LogP contribution in [0, 0.1) is 0 Å². The van der Waals surface area contributed by atoms with Gasteiger partial charge in [-0.15, -0.1) is 0 Å². The summed E-state index contributed by atoms with van der Waals surface area (Å²) in [6.45, 7) is 3.87. The monoisotopic (exact) mass is 351 g/mol. The third-order valence-corrected chi connectivity index (χ3v) is 3.81. The number of hydrogen-bond donors (Lipinski definition) is 1. The Bertz CT molecular complexity index is 536. The average molecular weight is 352 g/mol. The molecule has 1 aromatic carbocycles. The van der Waals surface area contributed by atoms with Crippen molar-refractivity contribution in [3.63, 3.8) is 0 Å². The van der Waals surface area contributed by atoms with Crippen LogP contribution in [0.3, 0.4) is 0 Å². The highest BCUT2D eigenvalue weighted by Crippen LogP contribution is 2.26. The van der Waals surface area contributed by atoms with Crippen molar-refractivity contribution in [1.29, 1.82) is 0 Å². The minimum absolute atomic E-state index is 0.0905. The molecule has 0 fully saturated rings. The fourth-order valence-electron chi connectivity index (χ4n) is 2.25. The van der Waals surface area contributed by atoms with Crippen LogP contribution in [0.1, 0.15) is 36.3 Å². The summed E-state index contributed by atoms with van der Waals surface area (Å²) < 4.78 is 11.6. The second-order valence-electron chi connectivity index (χ2n) is 5.01. The molecule has 0 spiro atoms. The number of ether oxygens (including phenoxy) is 1. The molecule has 2 rings (SSSR count). The van der Waals surface area contributed by atoms with Crippen LogP contribution in [-0.2, 0) is 11.2 Å². The molecule has 1 aromatic heterocycles.